The van der Waals surface area contributed by atoms with Crippen molar-refractivity contribution in [2.45, 2.75) is 52.1 Å². The van der Waals surface area contributed by atoms with Crippen molar-refractivity contribution in [3.63, 3.8) is 0 Å². The molecule has 1 aromatic rings. The van der Waals surface area contributed by atoms with Crippen LogP contribution in [0, 0.1) is 18.7 Å². The van der Waals surface area contributed by atoms with Crippen LogP contribution < -0.4 is 5.32 Å². The van der Waals surface area contributed by atoms with E-state index in [2.05, 4.69) is 24.1 Å². The lowest BCUT2D eigenvalue weighted by Crippen LogP contribution is -2.43. The Morgan fingerprint density at radius 3 is 2.81 bits per heavy atom. The monoisotopic (exact) mass is 292 g/mol. The Balaban J connectivity index is 1.97. The van der Waals surface area contributed by atoms with Crippen LogP contribution in [0.2, 0.25) is 0 Å². The van der Waals surface area contributed by atoms with Gasteiger partial charge in [-0.25, -0.2) is 4.39 Å². The second-order valence-corrected chi connectivity index (χ2v) is 6.53. The second kappa shape index (κ2) is 7.37. The number of hydrogen-bond acceptors (Lipinski definition) is 2. The minimum absolute atomic E-state index is 0.104. The molecule has 0 radical (unpaired) electrons. The average molecular weight is 292 g/mol. The van der Waals surface area contributed by atoms with Gasteiger partial charge in [-0.3, -0.25) is 0 Å². The third-order valence-electron chi connectivity index (χ3n) is 5.16. The molecule has 0 amide bonds. The van der Waals surface area contributed by atoms with Gasteiger partial charge in [0.1, 0.15) is 5.82 Å². The van der Waals surface area contributed by atoms with Crippen molar-refractivity contribution >= 4 is 0 Å². The number of benzene rings is 1. The van der Waals surface area contributed by atoms with Crippen LogP contribution >= 0.6 is 0 Å². The van der Waals surface area contributed by atoms with Gasteiger partial charge in [0, 0.05) is 18.6 Å². The molecule has 1 N–H and O–H groups in total. The van der Waals surface area contributed by atoms with Crippen LogP contribution in [-0.2, 0) is 0 Å². The van der Waals surface area contributed by atoms with Gasteiger partial charge in [0.2, 0.25) is 0 Å². The summed E-state index contributed by atoms with van der Waals surface area (Å²) in [5, 5.41) is 3.34. The van der Waals surface area contributed by atoms with E-state index in [9.17, 15) is 4.39 Å². The molecule has 0 aliphatic carbocycles. The summed E-state index contributed by atoms with van der Waals surface area (Å²) in [6, 6.07) is 6.48. The largest absolute Gasteiger partial charge is 0.313 e. The van der Waals surface area contributed by atoms with E-state index >= 15 is 0 Å². The predicted octanol–water partition coefficient (Wildman–Crippen LogP) is 3.91. The molecule has 0 saturated carbocycles. The molecule has 1 saturated heterocycles. The normalized spacial score (nSPS) is 25.0. The van der Waals surface area contributed by atoms with Crippen LogP contribution in [0.4, 0.5) is 4.39 Å². The SMILES string of the molecule is CNC(CCN1CCCC(C)C1C)c1ccc(C)c(F)c1. The fraction of sp³-hybridized carbons (Fsp3) is 0.667. The highest BCUT2D eigenvalue weighted by Gasteiger charge is 2.25. The lowest BCUT2D eigenvalue weighted by atomic mass is 9.91. The number of hydrogen-bond donors (Lipinski definition) is 1. The molecule has 3 heteroatoms. The minimum Gasteiger partial charge on any atom is -0.313 e. The standard InChI is InChI=1S/C18H29FN2/c1-13-6-5-10-21(15(13)3)11-9-18(20-4)16-8-7-14(2)17(19)12-16/h7-8,12-13,15,18,20H,5-6,9-11H2,1-4H3. The first kappa shape index (κ1) is 16.4. The van der Waals surface area contributed by atoms with Gasteiger partial charge < -0.3 is 10.2 Å². The Labute approximate surface area is 128 Å². The van der Waals surface area contributed by atoms with E-state index < -0.39 is 0 Å². The summed E-state index contributed by atoms with van der Waals surface area (Å²) in [6.45, 7) is 8.77. The Morgan fingerprint density at radius 2 is 2.14 bits per heavy atom. The molecular formula is C18H29FN2. The number of rotatable bonds is 5. The lowest BCUT2D eigenvalue weighted by molar-refractivity contribution is 0.109. The second-order valence-electron chi connectivity index (χ2n) is 6.53. The fourth-order valence-corrected chi connectivity index (χ4v) is 3.33. The zero-order valence-electron chi connectivity index (χ0n) is 13.8. The van der Waals surface area contributed by atoms with Crippen molar-refractivity contribution in [3.8, 4) is 0 Å². The Morgan fingerprint density at radius 1 is 1.38 bits per heavy atom. The summed E-state index contributed by atoms with van der Waals surface area (Å²) in [4.78, 5) is 2.59. The molecule has 0 aromatic heterocycles. The van der Waals surface area contributed by atoms with Gasteiger partial charge in [-0.2, -0.15) is 0 Å². The van der Waals surface area contributed by atoms with Gasteiger partial charge in [-0.15, -0.1) is 0 Å². The van der Waals surface area contributed by atoms with E-state index in [1.807, 2.05) is 26.1 Å². The maximum absolute atomic E-state index is 13.7. The molecule has 1 aromatic carbocycles. The van der Waals surface area contributed by atoms with Crippen molar-refractivity contribution in [2.24, 2.45) is 5.92 Å². The van der Waals surface area contributed by atoms with Gasteiger partial charge in [-0.1, -0.05) is 19.1 Å². The Hall–Kier alpha value is -0.930. The summed E-state index contributed by atoms with van der Waals surface area (Å²) in [6.07, 6.45) is 3.67. The van der Waals surface area contributed by atoms with Crippen molar-refractivity contribution in [2.75, 3.05) is 20.1 Å². The third kappa shape index (κ3) is 4.04. The number of nitrogens with one attached hydrogen (secondary N) is 1. The number of halogens is 1. The van der Waals surface area contributed by atoms with Crippen LogP contribution in [0.25, 0.3) is 0 Å². The summed E-state index contributed by atoms with van der Waals surface area (Å²) >= 11 is 0. The van der Waals surface area contributed by atoms with Crippen LogP contribution in [0.1, 0.15) is 50.3 Å². The van der Waals surface area contributed by atoms with Crippen molar-refractivity contribution in [1.82, 2.24) is 10.2 Å². The molecule has 1 aliphatic rings. The van der Waals surface area contributed by atoms with Gasteiger partial charge in [0.25, 0.3) is 0 Å². The van der Waals surface area contributed by atoms with Gasteiger partial charge in [-0.05, 0) is 69.8 Å². The quantitative estimate of drug-likeness (QED) is 0.885. The van der Waals surface area contributed by atoms with E-state index in [1.165, 1.54) is 19.4 Å². The third-order valence-corrected chi connectivity index (χ3v) is 5.16. The van der Waals surface area contributed by atoms with Gasteiger partial charge in [0.15, 0.2) is 0 Å². The molecule has 3 atom stereocenters. The average Bonchev–Trinajstić information content (AvgIpc) is 2.47. The molecule has 118 valence electrons. The maximum atomic E-state index is 13.7. The highest BCUT2D eigenvalue weighted by atomic mass is 19.1. The van der Waals surface area contributed by atoms with Crippen LogP contribution in [0.15, 0.2) is 18.2 Å². The molecule has 3 unspecified atom stereocenters. The first-order valence-corrected chi connectivity index (χ1v) is 8.20. The van der Waals surface area contributed by atoms with E-state index in [0.717, 1.165) is 24.4 Å². The summed E-state index contributed by atoms with van der Waals surface area (Å²) in [5.41, 5.74) is 1.77. The van der Waals surface area contributed by atoms with Crippen LogP contribution in [0.5, 0.6) is 0 Å². The topological polar surface area (TPSA) is 15.3 Å². The molecule has 1 aliphatic heterocycles. The highest BCUT2D eigenvalue weighted by Crippen LogP contribution is 2.25. The van der Waals surface area contributed by atoms with Gasteiger partial charge >= 0.3 is 0 Å². The Bertz CT molecular complexity index is 461. The molecule has 2 rings (SSSR count). The Kier molecular flexibility index (Phi) is 5.77. The van der Waals surface area contributed by atoms with E-state index in [0.29, 0.717) is 11.6 Å². The minimum atomic E-state index is -0.104. The van der Waals surface area contributed by atoms with Crippen molar-refractivity contribution in [3.05, 3.63) is 35.1 Å². The zero-order chi connectivity index (χ0) is 15.4. The zero-order valence-corrected chi connectivity index (χ0v) is 13.8. The fourth-order valence-electron chi connectivity index (χ4n) is 3.33. The van der Waals surface area contributed by atoms with Gasteiger partial charge in [0.05, 0.1) is 0 Å². The maximum Gasteiger partial charge on any atom is 0.126 e. The first-order valence-electron chi connectivity index (χ1n) is 8.20. The van der Waals surface area contributed by atoms with Crippen molar-refractivity contribution < 1.29 is 4.39 Å². The van der Waals surface area contributed by atoms with E-state index in [1.54, 1.807) is 6.07 Å². The predicted molar refractivity (Wildman–Crippen MR) is 87.0 cm³/mol. The molecule has 0 spiro atoms. The summed E-state index contributed by atoms with van der Waals surface area (Å²) in [7, 11) is 1.96. The van der Waals surface area contributed by atoms with E-state index in [-0.39, 0.29) is 11.9 Å². The summed E-state index contributed by atoms with van der Waals surface area (Å²) in [5.74, 6) is 0.677. The molecule has 1 fully saturated rings. The molecule has 1 heterocycles. The van der Waals surface area contributed by atoms with Crippen molar-refractivity contribution in [1.29, 1.82) is 0 Å². The van der Waals surface area contributed by atoms with Crippen LogP contribution in [0.3, 0.4) is 0 Å². The number of piperidine rings is 1. The number of nitrogens with zero attached hydrogens (tertiary/aromatic N) is 1. The number of aryl methyl sites for hydroxylation is 1. The smallest absolute Gasteiger partial charge is 0.126 e. The lowest BCUT2D eigenvalue weighted by Gasteiger charge is -2.38. The highest BCUT2D eigenvalue weighted by molar-refractivity contribution is 5.25. The van der Waals surface area contributed by atoms with E-state index in [4.69, 9.17) is 0 Å². The van der Waals surface area contributed by atoms with Crippen LogP contribution in [-0.4, -0.2) is 31.1 Å². The summed E-state index contributed by atoms with van der Waals surface area (Å²) < 4.78 is 13.7. The molecule has 0 bridgehead atoms. The molecule has 2 nitrogen and oxygen atoms in total. The first-order chi connectivity index (χ1) is 10.0. The molecule has 21 heavy (non-hydrogen) atoms. The number of likely N-dealkylation sites (tertiary alicyclic amines) is 1. The molecular weight excluding hydrogens is 263 g/mol.